The Morgan fingerprint density at radius 1 is 0.885 bits per heavy atom. The van der Waals surface area contributed by atoms with Crippen LogP contribution in [0.2, 0.25) is 0 Å². The topological polar surface area (TPSA) is 57.6 Å². The van der Waals surface area contributed by atoms with Gasteiger partial charge in [-0.25, -0.2) is 0 Å². The van der Waals surface area contributed by atoms with Crippen LogP contribution in [0.3, 0.4) is 0 Å². The summed E-state index contributed by atoms with van der Waals surface area (Å²) in [6.45, 7) is 0.653. The molecule has 0 aliphatic rings. The predicted octanol–water partition coefficient (Wildman–Crippen LogP) is 2.70. The molecule has 6 heteroatoms. The van der Waals surface area contributed by atoms with E-state index in [9.17, 15) is 4.79 Å². The van der Waals surface area contributed by atoms with Gasteiger partial charge in [0.2, 0.25) is 0 Å². The van der Waals surface area contributed by atoms with Gasteiger partial charge in [0.25, 0.3) is 5.56 Å². The van der Waals surface area contributed by atoms with Gasteiger partial charge in [0.15, 0.2) is 0 Å². The van der Waals surface area contributed by atoms with Gasteiger partial charge < -0.3 is 4.57 Å². The molecule has 3 heterocycles. The molecule has 4 aromatic rings. The summed E-state index contributed by atoms with van der Waals surface area (Å²) in [5.41, 5.74) is 4.94. The molecule has 26 heavy (non-hydrogen) atoms. The Balaban J connectivity index is 1.76. The average molecular weight is 345 g/mol. The molecule has 0 unspecified atom stereocenters. The zero-order valence-electron chi connectivity index (χ0n) is 14.7. The van der Waals surface area contributed by atoms with Crippen LogP contribution < -0.4 is 5.56 Å². The van der Waals surface area contributed by atoms with Gasteiger partial charge in [-0.15, -0.1) is 0 Å². The number of rotatable bonds is 4. The van der Waals surface area contributed by atoms with Crippen LogP contribution in [0.25, 0.3) is 22.3 Å². The van der Waals surface area contributed by atoms with Crippen LogP contribution in [0.1, 0.15) is 5.56 Å². The van der Waals surface area contributed by atoms with E-state index in [-0.39, 0.29) is 5.56 Å². The van der Waals surface area contributed by atoms with E-state index in [2.05, 4.69) is 10.2 Å². The maximum Gasteiger partial charge on any atom is 0.250 e. The zero-order chi connectivity index (χ0) is 18.1. The second-order valence-corrected chi connectivity index (χ2v) is 6.36. The third-order valence-electron chi connectivity index (χ3n) is 4.36. The largest absolute Gasteiger partial charge is 0.318 e. The van der Waals surface area contributed by atoms with Crippen LogP contribution in [-0.2, 0) is 20.6 Å². The molecule has 0 aliphatic carbocycles. The van der Waals surface area contributed by atoms with E-state index in [4.69, 9.17) is 0 Å². The minimum atomic E-state index is -0.0321. The van der Waals surface area contributed by atoms with Crippen molar-refractivity contribution in [3.8, 4) is 22.3 Å². The SMILES string of the molecule is Cn1cc(Cn2cc(-c3cn(C)c(=O)cc3-c3ccccc3)cn2)cn1. The highest BCUT2D eigenvalue weighted by molar-refractivity contribution is 5.82. The highest BCUT2D eigenvalue weighted by atomic mass is 16.1. The smallest absolute Gasteiger partial charge is 0.250 e. The van der Waals surface area contributed by atoms with E-state index in [1.165, 1.54) is 0 Å². The molecule has 0 bridgehead atoms. The summed E-state index contributed by atoms with van der Waals surface area (Å²) in [6.07, 6.45) is 9.52. The summed E-state index contributed by atoms with van der Waals surface area (Å²) in [5, 5.41) is 8.67. The van der Waals surface area contributed by atoms with Gasteiger partial charge >= 0.3 is 0 Å². The fraction of sp³-hybridized carbons (Fsp3) is 0.150. The fourth-order valence-corrected chi connectivity index (χ4v) is 3.05. The summed E-state index contributed by atoms with van der Waals surface area (Å²) >= 11 is 0. The van der Waals surface area contributed by atoms with E-state index >= 15 is 0 Å². The van der Waals surface area contributed by atoms with Crippen molar-refractivity contribution in [2.45, 2.75) is 6.54 Å². The molecule has 0 saturated carbocycles. The predicted molar refractivity (Wildman–Crippen MR) is 101 cm³/mol. The Kier molecular flexibility index (Phi) is 4.01. The van der Waals surface area contributed by atoms with Crippen molar-refractivity contribution in [3.05, 3.63) is 83.3 Å². The van der Waals surface area contributed by atoms with Gasteiger partial charge in [-0.05, 0) is 11.1 Å². The Morgan fingerprint density at radius 3 is 2.42 bits per heavy atom. The molecule has 4 rings (SSSR count). The second kappa shape index (κ2) is 6.48. The Hall–Kier alpha value is -3.41. The Labute approximate surface area is 151 Å². The van der Waals surface area contributed by atoms with Crippen molar-refractivity contribution in [1.29, 1.82) is 0 Å². The van der Waals surface area contributed by atoms with Gasteiger partial charge in [0.1, 0.15) is 0 Å². The monoisotopic (exact) mass is 345 g/mol. The molecule has 0 spiro atoms. The zero-order valence-corrected chi connectivity index (χ0v) is 14.7. The molecule has 0 atom stereocenters. The minimum Gasteiger partial charge on any atom is -0.318 e. The summed E-state index contributed by atoms with van der Waals surface area (Å²) < 4.78 is 5.26. The number of pyridine rings is 1. The van der Waals surface area contributed by atoms with Crippen LogP contribution in [0.15, 0.2) is 72.2 Å². The van der Waals surface area contributed by atoms with Crippen LogP contribution in [0.4, 0.5) is 0 Å². The Morgan fingerprint density at radius 2 is 1.69 bits per heavy atom. The van der Waals surface area contributed by atoms with Crippen LogP contribution in [-0.4, -0.2) is 24.1 Å². The number of benzene rings is 1. The highest BCUT2D eigenvalue weighted by Gasteiger charge is 2.12. The molecular formula is C20H19N5O. The second-order valence-electron chi connectivity index (χ2n) is 6.36. The van der Waals surface area contributed by atoms with Gasteiger partial charge in [0, 0.05) is 55.4 Å². The molecule has 0 fully saturated rings. The average Bonchev–Trinajstić information content (AvgIpc) is 3.27. The lowest BCUT2D eigenvalue weighted by Gasteiger charge is -2.10. The molecule has 0 aliphatic heterocycles. The van der Waals surface area contributed by atoms with E-state index in [1.807, 2.05) is 73.0 Å². The summed E-state index contributed by atoms with van der Waals surface area (Å²) in [4.78, 5) is 12.2. The lowest BCUT2D eigenvalue weighted by Crippen LogP contribution is -2.15. The highest BCUT2D eigenvalue weighted by Crippen LogP contribution is 2.30. The van der Waals surface area contributed by atoms with Gasteiger partial charge in [-0.2, -0.15) is 10.2 Å². The van der Waals surface area contributed by atoms with Gasteiger partial charge in [-0.1, -0.05) is 30.3 Å². The first kappa shape index (κ1) is 16.1. The van der Waals surface area contributed by atoms with Crippen molar-refractivity contribution in [2.75, 3.05) is 0 Å². The van der Waals surface area contributed by atoms with Crippen LogP contribution >= 0.6 is 0 Å². The quantitative estimate of drug-likeness (QED) is 0.571. The number of nitrogens with zero attached hydrogens (tertiary/aromatic N) is 5. The molecule has 130 valence electrons. The number of aryl methyl sites for hydroxylation is 2. The number of hydrogen-bond donors (Lipinski definition) is 0. The first-order chi connectivity index (χ1) is 12.6. The van der Waals surface area contributed by atoms with Crippen LogP contribution in [0, 0.1) is 0 Å². The molecule has 0 saturated heterocycles. The summed E-state index contributed by atoms with van der Waals surface area (Å²) in [7, 11) is 3.66. The summed E-state index contributed by atoms with van der Waals surface area (Å²) in [5.74, 6) is 0. The molecule has 0 N–H and O–H groups in total. The maximum absolute atomic E-state index is 12.2. The first-order valence-corrected chi connectivity index (χ1v) is 8.36. The maximum atomic E-state index is 12.2. The van der Waals surface area contributed by atoms with Crippen molar-refractivity contribution in [2.24, 2.45) is 14.1 Å². The number of hydrogen-bond acceptors (Lipinski definition) is 3. The van der Waals surface area contributed by atoms with Gasteiger partial charge in [0.05, 0.1) is 18.9 Å². The molecule has 0 amide bonds. The van der Waals surface area contributed by atoms with Crippen molar-refractivity contribution in [3.63, 3.8) is 0 Å². The molecule has 3 aromatic heterocycles. The van der Waals surface area contributed by atoms with Crippen molar-refractivity contribution in [1.82, 2.24) is 24.1 Å². The molecule has 1 aromatic carbocycles. The first-order valence-electron chi connectivity index (χ1n) is 8.36. The third kappa shape index (κ3) is 3.09. The number of aromatic nitrogens is 5. The molecule has 0 radical (unpaired) electrons. The van der Waals surface area contributed by atoms with Crippen molar-refractivity contribution >= 4 is 0 Å². The van der Waals surface area contributed by atoms with Crippen molar-refractivity contribution < 1.29 is 0 Å². The Bertz CT molecular complexity index is 1100. The van der Waals surface area contributed by atoms with Crippen LogP contribution in [0.5, 0.6) is 0 Å². The van der Waals surface area contributed by atoms with E-state index in [0.29, 0.717) is 6.54 Å². The lowest BCUT2D eigenvalue weighted by atomic mass is 9.98. The fourth-order valence-electron chi connectivity index (χ4n) is 3.05. The van der Waals surface area contributed by atoms with E-state index in [0.717, 1.165) is 27.8 Å². The van der Waals surface area contributed by atoms with E-state index < -0.39 is 0 Å². The van der Waals surface area contributed by atoms with Gasteiger partial charge in [-0.3, -0.25) is 14.2 Å². The standard InChI is InChI=1S/C20H19N5O/c1-23-14-19(18(8-20(23)26)16-6-4-3-5-7-16)17-10-22-25(13-17)12-15-9-21-24(2)11-15/h3-11,13-14H,12H2,1-2H3. The normalized spacial score (nSPS) is 11.0. The van der Waals surface area contributed by atoms with E-state index in [1.54, 1.807) is 22.4 Å². The molecular weight excluding hydrogens is 326 g/mol. The summed E-state index contributed by atoms with van der Waals surface area (Å²) in [6, 6.07) is 11.6. The minimum absolute atomic E-state index is 0.0321. The third-order valence-corrected chi connectivity index (χ3v) is 4.36. The lowest BCUT2D eigenvalue weighted by molar-refractivity contribution is 0.685. The molecule has 6 nitrogen and oxygen atoms in total.